The van der Waals surface area contributed by atoms with Gasteiger partial charge in [0.25, 0.3) is 0 Å². The van der Waals surface area contributed by atoms with Crippen molar-refractivity contribution in [1.82, 2.24) is 20.1 Å². The van der Waals surface area contributed by atoms with Crippen molar-refractivity contribution < 1.29 is 0 Å². The molecule has 22 heavy (non-hydrogen) atoms. The second kappa shape index (κ2) is 5.95. The van der Waals surface area contributed by atoms with Gasteiger partial charge in [-0.3, -0.25) is 4.68 Å². The van der Waals surface area contributed by atoms with Gasteiger partial charge in [0, 0.05) is 36.3 Å². The largest absolute Gasteiger partial charge is 0.304 e. The van der Waals surface area contributed by atoms with Crippen LogP contribution in [0, 0.1) is 0 Å². The molecule has 1 aliphatic rings. The molecule has 6 heteroatoms. The quantitative estimate of drug-likeness (QED) is 0.792. The maximum absolute atomic E-state index is 4.74. The topological polar surface area (TPSA) is 42.7 Å². The Balaban J connectivity index is 1.45. The van der Waals surface area contributed by atoms with Crippen molar-refractivity contribution in [2.75, 3.05) is 0 Å². The summed E-state index contributed by atoms with van der Waals surface area (Å²) in [5, 5.41) is 13.4. The lowest BCUT2D eigenvalue weighted by atomic mass is 9.93. The van der Waals surface area contributed by atoms with E-state index in [1.165, 1.54) is 29.0 Å². The molecule has 0 radical (unpaired) electrons. The van der Waals surface area contributed by atoms with Crippen molar-refractivity contribution in [2.45, 2.75) is 31.8 Å². The van der Waals surface area contributed by atoms with Gasteiger partial charge < -0.3 is 5.32 Å². The number of nitrogens with zero attached hydrogens (tertiary/aromatic N) is 3. The number of thiazole rings is 1. The average molecular weight is 330 g/mol. The third-order valence-electron chi connectivity index (χ3n) is 4.19. The van der Waals surface area contributed by atoms with Gasteiger partial charge in [-0.2, -0.15) is 5.10 Å². The highest BCUT2D eigenvalue weighted by Crippen LogP contribution is 2.30. The highest BCUT2D eigenvalue weighted by Gasteiger charge is 2.23. The van der Waals surface area contributed by atoms with E-state index in [-0.39, 0.29) is 0 Å². The number of hydrogen-bond acceptors (Lipinski definition) is 5. The Hall–Kier alpha value is -1.50. The van der Waals surface area contributed by atoms with E-state index in [4.69, 9.17) is 4.98 Å². The van der Waals surface area contributed by atoms with Gasteiger partial charge in [-0.25, -0.2) is 4.98 Å². The SMILES string of the molecule is Cn1ncc2c1CCC[C@@H]2NCc1csc(-c2cccs2)n1. The molecule has 0 aliphatic heterocycles. The minimum Gasteiger partial charge on any atom is -0.304 e. The molecule has 114 valence electrons. The van der Waals surface area contributed by atoms with Crippen LogP contribution in [0.1, 0.15) is 35.8 Å². The molecule has 0 amide bonds. The first-order chi connectivity index (χ1) is 10.8. The zero-order chi connectivity index (χ0) is 14.9. The van der Waals surface area contributed by atoms with Crippen LogP contribution in [-0.4, -0.2) is 14.8 Å². The summed E-state index contributed by atoms with van der Waals surface area (Å²) in [7, 11) is 2.04. The van der Waals surface area contributed by atoms with Crippen molar-refractivity contribution in [2.24, 2.45) is 7.05 Å². The van der Waals surface area contributed by atoms with Gasteiger partial charge in [0.2, 0.25) is 0 Å². The standard InChI is InChI=1S/C16H18N4S2/c1-20-14-5-2-4-13(12(14)9-18-20)17-8-11-10-22-16(19-11)15-6-3-7-21-15/h3,6-7,9-10,13,17H,2,4-5,8H2,1H3/t13-/m0/s1. The Morgan fingerprint density at radius 1 is 1.41 bits per heavy atom. The molecule has 1 N–H and O–H groups in total. The van der Waals surface area contributed by atoms with Crippen molar-refractivity contribution in [3.8, 4) is 9.88 Å². The highest BCUT2D eigenvalue weighted by atomic mass is 32.1. The minimum atomic E-state index is 0.407. The number of aromatic nitrogens is 3. The number of nitrogens with one attached hydrogen (secondary N) is 1. The Labute approximate surface area is 137 Å². The number of thiophene rings is 1. The summed E-state index contributed by atoms with van der Waals surface area (Å²) in [5.41, 5.74) is 3.87. The predicted molar refractivity (Wildman–Crippen MR) is 91.2 cm³/mol. The number of hydrogen-bond donors (Lipinski definition) is 1. The van der Waals surface area contributed by atoms with E-state index in [1.807, 2.05) is 17.9 Å². The van der Waals surface area contributed by atoms with E-state index in [9.17, 15) is 0 Å². The molecule has 0 saturated heterocycles. The molecule has 4 nitrogen and oxygen atoms in total. The van der Waals surface area contributed by atoms with Crippen molar-refractivity contribution >= 4 is 22.7 Å². The second-order valence-corrected chi connectivity index (χ2v) is 7.42. The fraction of sp³-hybridized carbons (Fsp3) is 0.375. The van der Waals surface area contributed by atoms with E-state index >= 15 is 0 Å². The van der Waals surface area contributed by atoms with Gasteiger partial charge in [0.05, 0.1) is 16.8 Å². The summed E-state index contributed by atoms with van der Waals surface area (Å²) < 4.78 is 2.01. The molecule has 3 aromatic rings. The predicted octanol–water partition coefficient (Wildman–Crippen LogP) is 3.77. The molecular weight excluding hydrogens is 312 g/mol. The molecule has 0 spiro atoms. The van der Waals surface area contributed by atoms with Gasteiger partial charge in [-0.1, -0.05) is 6.07 Å². The van der Waals surface area contributed by atoms with Gasteiger partial charge in [0.1, 0.15) is 5.01 Å². The zero-order valence-electron chi connectivity index (χ0n) is 12.5. The fourth-order valence-electron chi connectivity index (χ4n) is 3.05. The average Bonchev–Trinajstić information content (AvgIpc) is 3.26. The fourth-order valence-corrected chi connectivity index (χ4v) is 4.68. The van der Waals surface area contributed by atoms with E-state index in [2.05, 4.69) is 33.3 Å². The van der Waals surface area contributed by atoms with Crippen LogP contribution in [0.15, 0.2) is 29.1 Å². The molecule has 1 atom stereocenters. The Bertz CT molecular complexity index is 757. The first kappa shape index (κ1) is 14.1. The lowest BCUT2D eigenvalue weighted by molar-refractivity contribution is 0.450. The maximum atomic E-state index is 4.74. The zero-order valence-corrected chi connectivity index (χ0v) is 14.1. The normalized spacial score (nSPS) is 17.6. The smallest absolute Gasteiger partial charge is 0.133 e. The van der Waals surface area contributed by atoms with Crippen LogP contribution in [0.3, 0.4) is 0 Å². The lowest BCUT2D eigenvalue weighted by Gasteiger charge is -2.23. The molecule has 0 bridgehead atoms. The summed E-state index contributed by atoms with van der Waals surface area (Å²) in [5.74, 6) is 0. The summed E-state index contributed by atoms with van der Waals surface area (Å²) in [4.78, 5) is 6.00. The van der Waals surface area contributed by atoms with Gasteiger partial charge in [0.15, 0.2) is 0 Å². The number of aryl methyl sites for hydroxylation is 1. The van der Waals surface area contributed by atoms with Crippen LogP contribution in [0.4, 0.5) is 0 Å². The molecule has 0 fully saturated rings. The summed E-state index contributed by atoms with van der Waals surface area (Å²) in [6.07, 6.45) is 5.57. The lowest BCUT2D eigenvalue weighted by Crippen LogP contribution is -2.25. The van der Waals surface area contributed by atoms with Crippen LogP contribution in [0.5, 0.6) is 0 Å². The minimum absolute atomic E-state index is 0.407. The number of rotatable bonds is 4. The third kappa shape index (κ3) is 2.62. The highest BCUT2D eigenvalue weighted by molar-refractivity contribution is 7.20. The molecule has 0 saturated carbocycles. The molecule has 3 heterocycles. The van der Waals surface area contributed by atoms with Crippen molar-refractivity contribution in [3.63, 3.8) is 0 Å². The van der Waals surface area contributed by atoms with Crippen LogP contribution >= 0.6 is 22.7 Å². The van der Waals surface area contributed by atoms with Crippen LogP contribution in [0.2, 0.25) is 0 Å². The van der Waals surface area contributed by atoms with E-state index in [0.29, 0.717) is 6.04 Å². The molecule has 1 aliphatic carbocycles. The maximum Gasteiger partial charge on any atom is 0.133 e. The van der Waals surface area contributed by atoms with Crippen LogP contribution in [0.25, 0.3) is 9.88 Å². The van der Waals surface area contributed by atoms with Crippen LogP contribution < -0.4 is 5.32 Å². The molecule has 4 rings (SSSR count). The van der Waals surface area contributed by atoms with Gasteiger partial charge in [-0.15, -0.1) is 22.7 Å². The molecular formula is C16H18N4S2. The molecule has 3 aromatic heterocycles. The monoisotopic (exact) mass is 330 g/mol. The Kier molecular flexibility index (Phi) is 3.82. The first-order valence-corrected chi connectivity index (χ1v) is 9.29. The molecule has 0 aromatic carbocycles. The van der Waals surface area contributed by atoms with E-state index in [1.54, 1.807) is 22.7 Å². The van der Waals surface area contributed by atoms with Crippen molar-refractivity contribution in [1.29, 1.82) is 0 Å². The van der Waals surface area contributed by atoms with Gasteiger partial charge >= 0.3 is 0 Å². The van der Waals surface area contributed by atoms with E-state index in [0.717, 1.165) is 23.7 Å². The summed E-state index contributed by atoms with van der Waals surface area (Å²) >= 11 is 3.47. The van der Waals surface area contributed by atoms with Crippen molar-refractivity contribution in [3.05, 3.63) is 46.0 Å². The number of fused-ring (bicyclic) bond motifs is 1. The second-order valence-electron chi connectivity index (χ2n) is 5.62. The Morgan fingerprint density at radius 2 is 2.36 bits per heavy atom. The third-order valence-corrected chi connectivity index (χ3v) is 6.12. The molecule has 0 unspecified atom stereocenters. The summed E-state index contributed by atoms with van der Waals surface area (Å²) in [6.45, 7) is 0.820. The van der Waals surface area contributed by atoms with Gasteiger partial charge in [-0.05, 0) is 30.7 Å². The summed E-state index contributed by atoms with van der Waals surface area (Å²) in [6, 6.07) is 4.61. The van der Waals surface area contributed by atoms with Crippen LogP contribution in [-0.2, 0) is 20.0 Å². The first-order valence-electron chi connectivity index (χ1n) is 7.53. The Morgan fingerprint density at radius 3 is 3.23 bits per heavy atom. The van der Waals surface area contributed by atoms with E-state index < -0.39 is 0 Å².